The lowest BCUT2D eigenvalue weighted by atomic mass is 10.1. The minimum Gasteiger partial charge on any atom is -0.756 e. The maximum Gasteiger partial charge on any atom is 0.306 e. The van der Waals surface area contributed by atoms with E-state index in [0.717, 1.165) is 173 Å². The number of carbonyl (C=O) groups is 2. The number of unbranched alkanes of at least 4 members (excludes halogenated alkanes) is 10. The normalized spacial score (nSPS) is 14.5. The monoisotopic (exact) mass is 1340 g/mol. The molecule has 0 aromatic heterocycles. The Kier molecular flexibility index (Phi) is 68.4. The lowest BCUT2D eigenvalue weighted by Crippen LogP contribution is -2.37. The van der Waals surface area contributed by atoms with Crippen LogP contribution in [-0.2, 0) is 32.7 Å². The van der Waals surface area contributed by atoms with E-state index in [-0.39, 0.29) is 26.1 Å². The van der Waals surface area contributed by atoms with Crippen molar-refractivity contribution < 1.29 is 42.1 Å². The number of quaternary nitrogens is 1. The second-order valence-electron chi connectivity index (χ2n) is 24.5. The number of esters is 2. The standard InChI is InChI=1S/C86H132NO8P/c1-6-8-10-12-14-16-18-20-22-24-26-28-30-32-34-36-38-40-42-43-45-47-49-51-53-55-57-59-61-63-65-67-69-71-73-75-77-79-86(89)95-84(83-94-96(90,91)93-81-80-87(3,4)5)82-92-85(88)78-76-74-72-70-68-66-64-62-60-58-56-54-52-50-48-46-44-41-39-37-35-33-31-29-27-25-23-21-19-17-15-13-11-9-7-2/h8-11,14-17,20-23,26-29,32-35,38-41,43,45-46,48-49,51-52,54-55,57-58,60-61,63,67,69,84H,6-7,12-13,18-19,24-25,30-31,36-37,42,44,47,50,53,56,59,62,64-66,68,70-83H2,1-5H3/b10-8-,11-9-,16-14-,17-15-,22-20-,23-21-,28-26-,29-27-,34-32-,35-33-,40-38-,41-39-,45-43-,48-46-,51-49-,54-52-,57-55-,60-58-,63-61-,69-67-. The number of nitrogens with zero attached hydrogens (tertiary/aromatic N) is 1. The number of allylic oxidation sites excluding steroid dienone is 40. The Balaban J connectivity index is 4.25. The third-order valence-electron chi connectivity index (χ3n) is 14.4. The second-order valence-corrected chi connectivity index (χ2v) is 25.9. The molecule has 0 rings (SSSR count). The van der Waals surface area contributed by atoms with E-state index in [2.05, 4.69) is 257 Å². The predicted octanol–water partition coefficient (Wildman–Crippen LogP) is 24.1. The molecule has 10 heteroatoms. The van der Waals surface area contributed by atoms with Gasteiger partial charge in [0.25, 0.3) is 7.82 Å². The highest BCUT2D eigenvalue weighted by Crippen LogP contribution is 2.38. The van der Waals surface area contributed by atoms with Gasteiger partial charge >= 0.3 is 11.9 Å². The Morgan fingerprint density at radius 2 is 0.562 bits per heavy atom. The molecule has 0 heterocycles. The van der Waals surface area contributed by atoms with Crippen LogP contribution in [0.25, 0.3) is 0 Å². The van der Waals surface area contributed by atoms with Gasteiger partial charge in [0.1, 0.15) is 19.8 Å². The quantitative estimate of drug-likeness (QED) is 0.0195. The van der Waals surface area contributed by atoms with E-state index in [0.29, 0.717) is 23.9 Å². The van der Waals surface area contributed by atoms with Gasteiger partial charge in [0, 0.05) is 12.8 Å². The van der Waals surface area contributed by atoms with E-state index in [1.807, 2.05) is 21.1 Å². The summed E-state index contributed by atoms with van der Waals surface area (Å²) in [6, 6.07) is 0. The fourth-order valence-electron chi connectivity index (χ4n) is 8.83. The van der Waals surface area contributed by atoms with Gasteiger partial charge in [-0.25, -0.2) is 0 Å². The third-order valence-corrected chi connectivity index (χ3v) is 15.3. The Hall–Kier alpha value is -6.19. The van der Waals surface area contributed by atoms with Crippen LogP contribution in [0.4, 0.5) is 0 Å². The SMILES string of the molecule is CC/C=C\C/C=C\C/C=C\C/C=C\C/C=C\C/C=C\C/C=C\C/C=C\C/C=C\C/C=C\C/C=C\CCCCCC(=O)OC(COC(=O)CCCCCCCCC/C=C\C/C=C\C/C=C\C/C=C\C/C=C\C/C=C\C/C=C\C/C=C\C/C=C\CC)COP(=O)([O-])OCC[N+](C)(C)C. The van der Waals surface area contributed by atoms with Crippen LogP contribution in [0, 0.1) is 0 Å². The van der Waals surface area contributed by atoms with Gasteiger partial charge in [0.15, 0.2) is 6.10 Å². The van der Waals surface area contributed by atoms with E-state index in [1.54, 1.807) is 0 Å². The lowest BCUT2D eigenvalue weighted by molar-refractivity contribution is -0.870. The smallest absolute Gasteiger partial charge is 0.306 e. The first-order valence-electron chi connectivity index (χ1n) is 36.7. The molecule has 96 heavy (non-hydrogen) atoms. The number of rotatable bonds is 64. The molecule has 0 aromatic rings. The van der Waals surface area contributed by atoms with Crippen LogP contribution in [0.3, 0.4) is 0 Å². The van der Waals surface area contributed by atoms with Crippen molar-refractivity contribution in [3.63, 3.8) is 0 Å². The Labute approximate surface area is 587 Å². The van der Waals surface area contributed by atoms with Gasteiger partial charge in [-0.2, -0.15) is 0 Å². The highest BCUT2D eigenvalue weighted by atomic mass is 31.2. The summed E-state index contributed by atoms with van der Waals surface area (Å²) in [6.45, 7) is 3.92. The molecule has 0 amide bonds. The summed E-state index contributed by atoms with van der Waals surface area (Å²) in [6.07, 6.45) is 119. The van der Waals surface area contributed by atoms with Crippen molar-refractivity contribution in [2.75, 3.05) is 47.5 Å². The molecular formula is C86H132NO8P. The summed E-state index contributed by atoms with van der Waals surface area (Å²) < 4.78 is 34.3. The zero-order valence-corrected chi connectivity index (χ0v) is 61.6. The largest absolute Gasteiger partial charge is 0.756 e. The molecule has 2 atom stereocenters. The van der Waals surface area contributed by atoms with Crippen molar-refractivity contribution in [2.24, 2.45) is 0 Å². The first-order chi connectivity index (χ1) is 47.0. The van der Waals surface area contributed by atoms with Crippen LogP contribution in [0.15, 0.2) is 243 Å². The summed E-state index contributed by atoms with van der Waals surface area (Å²) in [7, 11) is 1.10. The maximum atomic E-state index is 12.9. The average Bonchev–Trinajstić information content (AvgIpc) is 2.72. The van der Waals surface area contributed by atoms with Gasteiger partial charge in [-0.1, -0.05) is 295 Å². The minimum absolute atomic E-state index is 0.0540. The van der Waals surface area contributed by atoms with E-state index < -0.39 is 32.5 Å². The lowest BCUT2D eigenvalue weighted by Gasteiger charge is -2.28. The summed E-state index contributed by atoms with van der Waals surface area (Å²) in [5.41, 5.74) is 0. The number of carbonyl (C=O) groups excluding carboxylic acids is 2. The van der Waals surface area contributed by atoms with Crippen molar-refractivity contribution in [1.82, 2.24) is 0 Å². The Morgan fingerprint density at radius 3 is 0.844 bits per heavy atom. The Bertz CT molecular complexity index is 2520. The van der Waals surface area contributed by atoms with Crippen LogP contribution in [0.5, 0.6) is 0 Å². The number of hydrogen-bond donors (Lipinski definition) is 0. The predicted molar refractivity (Wildman–Crippen MR) is 414 cm³/mol. The van der Waals surface area contributed by atoms with Crippen LogP contribution >= 0.6 is 7.82 Å². The van der Waals surface area contributed by atoms with Crippen LogP contribution in [0.1, 0.15) is 232 Å². The second kappa shape index (κ2) is 73.1. The molecule has 0 aliphatic carbocycles. The third kappa shape index (κ3) is 76.8. The number of phosphoric acid groups is 1. The van der Waals surface area contributed by atoms with E-state index >= 15 is 0 Å². The summed E-state index contributed by atoms with van der Waals surface area (Å²) >= 11 is 0. The molecule has 0 aromatic carbocycles. The molecular weight excluding hydrogens is 1210 g/mol. The molecule has 0 saturated carbocycles. The van der Waals surface area contributed by atoms with Crippen LogP contribution in [-0.4, -0.2) is 70.0 Å². The van der Waals surface area contributed by atoms with Crippen molar-refractivity contribution >= 4 is 19.8 Å². The molecule has 9 nitrogen and oxygen atoms in total. The van der Waals surface area contributed by atoms with E-state index in [9.17, 15) is 19.0 Å². The number of likely N-dealkylation sites (N-methyl/N-ethyl adjacent to an activating group) is 1. The molecule has 2 unspecified atom stereocenters. The molecule has 0 fully saturated rings. The summed E-state index contributed by atoms with van der Waals surface area (Å²) in [5, 5.41) is 0. The number of hydrogen-bond acceptors (Lipinski definition) is 8. The van der Waals surface area contributed by atoms with E-state index in [4.69, 9.17) is 18.5 Å². The highest BCUT2D eigenvalue weighted by Gasteiger charge is 2.22. The number of ether oxygens (including phenoxy) is 2. The molecule has 0 saturated heterocycles. The molecule has 534 valence electrons. The topological polar surface area (TPSA) is 111 Å². The van der Waals surface area contributed by atoms with Gasteiger partial charge in [0.05, 0.1) is 27.7 Å². The van der Waals surface area contributed by atoms with Crippen LogP contribution in [0.2, 0.25) is 0 Å². The summed E-state index contributed by atoms with van der Waals surface area (Å²) in [5.74, 6) is -0.906. The van der Waals surface area contributed by atoms with Gasteiger partial charge < -0.3 is 27.9 Å². The van der Waals surface area contributed by atoms with Crippen molar-refractivity contribution in [2.45, 2.75) is 238 Å². The maximum absolute atomic E-state index is 12.9. The molecule has 0 bridgehead atoms. The van der Waals surface area contributed by atoms with Gasteiger partial charge in [-0.15, -0.1) is 0 Å². The molecule has 0 aliphatic heterocycles. The van der Waals surface area contributed by atoms with Crippen molar-refractivity contribution in [3.05, 3.63) is 243 Å². The zero-order chi connectivity index (χ0) is 69.7. The Morgan fingerprint density at radius 1 is 0.323 bits per heavy atom. The van der Waals surface area contributed by atoms with Crippen LogP contribution < -0.4 is 4.89 Å². The average molecular weight is 1340 g/mol. The van der Waals surface area contributed by atoms with Crippen molar-refractivity contribution in [1.29, 1.82) is 0 Å². The molecule has 0 spiro atoms. The highest BCUT2D eigenvalue weighted by molar-refractivity contribution is 7.45. The van der Waals surface area contributed by atoms with Crippen molar-refractivity contribution in [3.8, 4) is 0 Å². The van der Waals surface area contributed by atoms with Gasteiger partial charge in [-0.05, 0) is 167 Å². The van der Waals surface area contributed by atoms with Gasteiger partial charge in [0.2, 0.25) is 0 Å². The zero-order valence-electron chi connectivity index (χ0n) is 60.7. The fraction of sp³-hybridized carbons (Fsp3) is 0.512. The van der Waals surface area contributed by atoms with Gasteiger partial charge in [-0.3, -0.25) is 14.2 Å². The molecule has 0 radical (unpaired) electrons. The molecule has 0 N–H and O–H groups in total. The number of phosphoric ester groups is 1. The fourth-order valence-corrected chi connectivity index (χ4v) is 9.56. The first kappa shape index (κ1) is 89.8. The van der Waals surface area contributed by atoms with E-state index in [1.165, 1.54) is 19.3 Å². The first-order valence-corrected chi connectivity index (χ1v) is 38.2. The summed E-state index contributed by atoms with van der Waals surface area (Å²) in [4.78, 5) is 38.1. The minimum atomic E-state index is -4.68. The molecule has 0 aliphatic rings.